The van der Waals surface area contributed by atoms with Crippen molar-refractivity contribution in [2.24, 2.45) is 0 Å². The van der Waals surface area contributed by atoms with Crippen molar-refractivity contribution >= 4 is 17.4 Å². The van der Waals surface area contributed by atoms with Crippen molar-refractivity contribution in [2.45, 2.75) is 5.88 Å². The molecule has 5 nitrogen and oxygen atoms in total. The van der Waals surface area contributed by atoms with Gasteiger partial charge in [0.2, 0.25) is 0 Å². The van der Waals surface area contributed by atoms with E-state index in [1.165, 1.54) is 6.20 Å². The van der Waals surface area contributed by atoms with Gasteiger partial charge in [-0.3, -0.25) is 4.40 Å². The Morgan fingerprint density at radius 3 is 3.08 bits per heavy atom. The number of nitrogens with zero attached hydrogens (tertiary/aromatic N) is 5. The molecule has 0 N–H and O–H groups in total. The molecule has 0 aliphatic carbocycles. The smallest absolute Gasteiger partial charge is 0.255 e. The number of rotatable bonds is 1. The molecule has 2 rings (SSSR count). The fourth-order valence-electron chi connectivity index (χ4n) is 0.983. The predicted molar refractivity (Wildman–Crippen MR) is 45.1 cm³/mol. The minimum atomic E-state index is 0.248. The summed E-state index contributed by atoms with van der Waals surface area (Å²) in [5.41, 5.74) is 0.457. The quantitative estimate of drug-likeness (QED) is 0.627. The Morgan fingerprint density at radius 1 is 1.54 bits per heavy atom. The molecule has 0 amide bonds. The Labute approximate surface area is 78.6 Å². The summed E-state index contributed by atoms with van der Waals surface area (Å²) in [6.07, 6.45) is 3.06. The van der Waals surface area contributed by atoms with Crippen molar-refractivity contribution in [2.75, 3.05) is 0 Å². The first-order valence-electron chi connectivity index (χ1n) is 3.51. The number of nitriles is 1. The molecule has 2 aromatic heterocycles. The van der Waals surface area contributed by atoms with Crippen LogP contribution in [0, 0.1) is 11.3 Å². The normalized spacial score (nSPS) is 10.2. The minimum absolute atomic E-state index is 0.248. The third-order valence-electron chi connectivity index (χ3n) is 1.58. The Balaban J connectivity index is 2.73. The fourth-order valence-corrected chi connectivity index (χ4v) is 1.17. The van der Waals surface area contributed by atoms with Crippen molar-refractivity contribution < 1.29 is 0 Å². The highest BCUT2D eigenvalue weighted by Crippen LogP contribution is 2.04. The van der Waals surface area contributed by atoms with Crippen molar-refractivity contribution in [3.8, 4) is 6.07 Å². The third-order valence-corrected chi connectivity index (χ3v) is 1.82. The molecule has 0 saturated carbocycles. The van der Waals surface area contributed by atoms with Crippen LogP contribution in [-0.4, -0.2) is 19.6 Å². The summed E-state index contributed by atoms with van der Waals surface area (Å²) in [4.78, 5) is 3.93. The van der Waals surface area contributed by atoms with Crippen LogP contribution in [0.5, 0.6) is 0 Å². The molecular weight excluding hydrogens is 190 g/mol. The van der Waals surface area contributed by atoms with Crippen LogP contribution in [0.2, 0.25) is 0 Å². The van der Waals surface area contributed by atoms with Crippen LogP contribution < -0.4 is 0 Å². The minimum Gasteiger partial charge on any atom is -0.268 e. The summed E-state index contributed by atoms with van der Waals surface area (Å²) in [7, 11) is 0. The van der Waals surface area contributed by atoms with Gasteiger partial charge in [-0.15, -0.1) is 21.8 Å². The zero-order valence-electron chi connectivity index (χ0n) is 6.48. The molecule has 0 aromatic carbocycles. The zero-order valence-corrected chi connectivity index (χ0v) is 7.23. The summed E-state index contributed by atoms with van der Waals surface area (Å²) in [5.74, 6) is 1.29. The van der Waals surface area contributed by atoms with Gasteiger partial charge in [-0.05, 0) is 0 Å². The maximum atomic E-state index is 8.62. The van der Waals surface area contributed by atoms with E-state index < -0.39 is 0 Å². The van der Waals surface area contributed by atoms with Gasteiger partial charge in [0.1, 0.15) is 6.07 Å². The Morgan fingerprint density at radius 2 is 2.38 bits per heavy atom. The van der Waals surface area contributed by atoms with Crippen LogP contribution in [-0.2, 0) is 5.88 Å². The first kappa shape index (κ1) is 7.95. The van der Waals surface area contributed by atoms with Gasteiger partial charge < -0.3 is 0 Å². The standard InChI is InChI=1S/C7H4ClN5/c8-1-6-11-12-7-10-3-5(2-9)4-13(6)7/h3-4H,1H2. The second-order valence-electron chi connectivity index (χ2n) is 2.37. The van der Waals surface area contributed by atoms with Crippen molar-refractivity contribution in [1.29, 1.82) is 5.26 Å². The monoisotopic (exact) mass is 193 g/mol. The summed E-state index contributed by atoms with van der Waals surface area (Å²) in [6.45, 7) is 0. The number of fused-ring (bicyclic) bond motifs is 1. The molecule has 2 heterocycles. The van der Waals surface area contributed by atoms with Gasteiger partial charge >= 0.3 is 0 Å². The molecule has 2 aromatic rings. The molecule has 0 radical (unpaired) electrons. The second kappa shape index (κ2) is 2.99. The molecular formula is C7H4ClN5. The topological polar surface area (TPSA) is 66.9 Å². The lowest BCUT2D eigenvalue weighted by Crippen LogP contribution is -1.94. The summed E-state index contributed by atoms with van der Waals surface area (Å²) >= 11 is 5.61. The van der Waals surface area contributed by atoms with E-state index in [9.17, 15) is 0 Å². The molecule has 6 heteroatoms. The van der Waals surface area contributed by atoms with Gasteiger partial charge in [0.25, 0.3) is 5.78 Å². The number of hydrogen-bond acceptors (Lipinski definition) is 4. The highest BCUT2D eigenvalue weighted by molar-refractivity contribution is 6.16. The molecule has 0 aliphatic rings. The van der Waals surface area contributed by atoms with Crippen molar-refractivity contribution in [3.63, 3.8) is 0 Å². The first-order valence-corrected chi connectivity index (χ1v) is 4.04. The van der Waals surface area contributed by atoms with Crippen LogP contribution in [0.4, 0.5) is 0 Å². The van der Waals surface area contributed by atoms with E-state index in [1.54, 1.807) is 10.6 Å². The van der Waals surface area contributed by atoms with E-state index in [0.717, 1.165) is 0 Å². The molecule has 64 valence electrons. The highest BCUT2D eigenvalue weighted by atomic mass is 35.5. The van der Waals surface area contributed by atoms with E-state index in [0.29, 0.717) is 17.2 Å². The maximum Gasteiger partial charge on any atom is 0.255 e. The van der Waals surface area contributed by atoms with E-state index in [1.807, 2.05) is 6.07 Å². The number of aromatic nitrogens is 4. The first-order chi connectivity index (χ1) is 6.35. The van der Waals surface area contributed by atoms with Gasteiger partial charge in [0, 0.05) is 6.20 Å². The van der Waals surface area contributed by atoms with E-state index in [-0.39, 0.29) is 5.88 Å². The van der Waals surface area contributed by atoms with Gasteiger partial charge in [-0.2, -0.15) is 5.26 Å². The second-order valence-corrected chi connectivity index (χ2v) is 2.64. The largest absolute Gasteiger partial charge is 0.268 e. The van der Waals surface area contributed by atoms with Crippen LogP contribution in [0.1, 0.15) is 11.4 Å². The molecule has 0 spiro atoms. The van der Waals surface area contributed by atoms with E-state index >= 15 is 0 Å². The number of halogens is 1. The summed E-state index contributed by atoms with van der Waals surface area (Å²) in [6, 6.07) is 1.98. The molecule has 13 heavy (non-hydrogen) atoms. The predicted octanol–water partition coefficient (Wildman–Crippen LogP) is 0.735. The van der Waals surface area contributed by atoms with Gasteiger partial charge in [0.05, 0.1) is 17.6 Å². The average molecular weight is 194 g/mol. The third kappa shape index (κ3) is 1.21. The molecule has 0 fully saturated rings. The molecule has 0 bridgehead atoms. The van der Waals surface area contributed by atoms with Crippen molar-refractivity contribution in [1.82, 2.24) is 19.6 Å². The van der Waals surface area contributed by atoms with E-state index in [4.69, 9.17) is 16.9 Å². The zero-order chi connectivity index (χ0) is 9.26. The van der Waals surface area contributed by atoms with Crippen LogP contribution in [0.3, 0.4) is 0 Å². The maximum absolute atomic E-state index is 8.62. The lowest BCUT2D eigenvalue weighted by molar-refractivity contribution is 0.981. The Hall–Kier alpha value is -1.67. The van der Waals surface area contributed by atoms with Crippen LogP contribution >= 0.6 is 11.6 Å². The Bertz CT molecular complexity index is 483. The molecule has 0 aliphatic heterocycles. The van der Waals surface area contributed by atoms with E-state index in [2.05, 4.69) is 15.2 Å². The van der Waals surface area contributed by atoms with Crippen LogP contribution in [0.15, 0.2) is 12.4 Å². The van der Waals surface area contributed by atoms with Crippen molar-refractivity contribution in [3.05, 3.63) is 23.8 Å². The van der Waals surface area contributed by atoms with Gasteiger partial charge in [-0.25, -0.2) is 4.98 Å². The molecule has 0 unspecified atom stereocenters. The summed E-state index contributed by atoms with van der Waals surface area (Å²) < 4.78 is 1.60. The average Bonchev–Trinajstić information content (AvgIpc) is 2.59. The lowest BCUT2D eigenvalue weighted by atomic mass is 10.4. The van der Waals surface area contributed by atoms with Gasteiger partial charge in [-0.1, -0.05) is 0 Å². The SMILES string of the molecule is N#Cc1cnc2nnc(CCl)n2c1. The number of alkyl halides is 1. The number of hydrogen-bond donors (Lipinski definition) is 0. The fraction of sp³-hybridized carbons (Fsp3) is 0.143. The Kier molecular flexibility index (Phi) is 1.83. The summed E-state index contributed by atoms with van der Waals surface area (Å²) in [5, 5.41) is 16.2. The van der Waals surface area contributed by atoms with Gasteiger partial charge in [0.15, 0.2) is 5.82 Å². The van der Waals surface area contributed by atoms with Crippen LogP contribution in [0.25, 0.3) is 5.78 Å². The highest BCUT2D eigenvalue weighted by Gasteiger charge is 2.04. The molecule has 0 saturated heterocycles. The lowest BCUT2D eigenvalue weighted by Gasteiger charge is -1.93. The molecule has 0 atom stereocenters.